The second-order valence-electron chi connectivity index (χ2n) is 4.62. The summed E-state index contributed by atoms with van der Waals surface area (Å²) in [6, 6.07) is 18.2. The average Bonchev–Trinajstić information content (AvgIpc) is 2.45. The van der Waals surface area contributed by atoms with Crippen LogP contribution in [0.25, 0.3) is 21.9 Å². The van der Waals surface area contributed by atoms with Crippen molar-refractivity contribution in [2.75, 3.05) is 0 Å². The van der Waals surface area contributed by atoms with Crippen LogP contribution in [0.1, 0.15) is 10.4 Å². The molecule has 0 heterocycles. The molecule has 20 heavy (non-hydrogen) atoms. The molecule has 3 rings (SSSR count). The van der Waals surface area contributed by atoms with E-state index in [1.54, 1.807) is 24.3 Å². The Balaban J connectivity index is 2.33. The Morgan fingerprint density at radius 1 is 0.900 bits per heavy atom. The van der Waals surface area contributed by atoms with E-state index < -0.39 is 5.91 Å². The van der Waals surface area contributed by atoms with Crippen LogP contribution in [0.5, 0.6) is 5.75 Å². The molecule has 0 unspecified atom stereocenters. The first-order valence-electron chi connectivity index (χ1n) is 6.28. The molecule has 0 aromatic heterocycles. The van der Waals surface area contributed by atoms with Crippen LogP contribution in [0.2, 0.25) is 0 Å². The number of amides is 1. The van der Waals surface area contributed by atoms with Crippen LogP contribution in [-0.4, -0.2) is 11.0 Å². The minimum absolute atomic E-state index is 0.213. The van der Waals surface area contributed by atoms with E-state index in [4.69, 9.17) is 5.73 Å². The van der Waals surface area contributed by atoms with Crippen molar-refractivity contribution < 1.29 is 9.90 Å². The third-order valence-corrected chi connectivity index (χ3v) is 3.34. The molecule has 0 aliphatic carbocycles. The van der Waals surface area contributed by atoms with E-state index in [2.05, 4.69) is 0 Å². The lowest BCUT2D eigenvalue weighted by atomic mass is 9.95. The summed E-state index contributed by atoms with van der Waals surface area (Å²) in [6.07, 6.45) is 0. The summed E-state index contributed by atoms with van der Waals surface area (Å²) in [4.78, 5) is 11.5. The van der Waals surface area contributed by atoms with Gasteiger partial charge in [0.2, 0.25) is 5.91 Å². The molecule has 0 atom stereocenters. The van der Waals surface area contributed by atoms with Crippen LogP contribution >= 0.6 is 0 Å². The first kappa shape index (κ1) is 12.2. The molecule has 1 amide bonds. The summed E-state index contributed by atoms with van der Waals surface area (Å²) in [7, 11) is 0. The number of carbonyl (C=O) groups excluding carboxylic acids is 1. The smallest absolute Gasteiger partial charge is 0.249 e. The van der Waals surface area contributed by atoms with Crippen molar-refractivity contribution in [1.82, 2.24) is 0 Å². The summed E-state index contributed by atoms with van der Waals surface area (Å²) in [5.41, 5.74) is 7.78. The highest BCUT2D eigenvalue weighted by molar-refractivity contribution is 6.09. The Kier molecular flexibility index (Phi) is 2.88. The fraction of sp³-hybridized carbons (Fsp3) is 0. The Morgan fingerprint density at radius 3 is 2.35 bits per heavy atom. The van der Waals surface area contributed by atoms with E-state index in [-0.39, 0.29) is 5.75 Å². The Hall–Kier alpha value is -2.81. The third kappa shape index (κ3) is 1.99. The van der Waals surface area contributed by atoms with Crippen molar-refractivity contribution >= 4 is 16.7 Å². The second kappa shape index (κ2) is 4.70. The van der Waals surface area contributed by atoms with E-state index in [1.165, 1.54) is 0 Å². The van der Waals surface area contributed by atoms with Gasteiger partial charge in [-0.1, -0.05) is 42.5 Å². The average molecular weight is 263 g/mol. The minimum atomic E-state index is -0.441. The lowest BCUT2D eigenvalue weighted by molar-refractivity contribution is 0.100. The summed E-state index contributed by atoms with van der Waals surface area (Å²) in [5.74, 6) is -0.228. The Bertz CT molecular complexity index is 809. The fourth-order valence-corrected chi connectivity index (χ4v) is 2.45. The van der Waals surface area contributed by atoms with E-state index in [0.29, 0.717) is 5.56 Å². The van der Waals surface area contributed by atoms with Gasteiger partial charge in [0.05, 0.1) is 0 Å². The molecule has 0 saturated heterocycles. The molecular formula is C17H13NO2. The van der Waals surface area contributed by atoms with Crippen molar-refractivity contribution in [3.05, 3.63) is 66.2 Å². The molecule has 98 valence electrons. The van der Waals surface area contributed by atoms with E-state index >= 15 is 0 Å². The van der Waals surface area contributed by atoms with Gasteiger partial charge >= 0.3 is 0 Å². The number of aromatic hydroxyl groups is 1. The largest absolute Gasteiger partial charge is 0.508 e. The topological polar surface area (TPSA) is 63.3 Å². The van der Waals surface area contributed by atoms with Crippen LogP contribution in [0.4, 0.5) is 0 Å². The van der Waals surface area contributed by atoms with Crippen molar-refractivity contribution in [3.63, 3.8) is 0 Å². The highest BCUT2D eigenvalue weighted by Crippen LogP contribution is 2.31. The second-order valence-corrected chi connectivity index (χ2v) is 4.62. The maximum atomic E-state index is 11.5. The quantitative estimate of drug-likeness (QED) is 0.745. The Labute approximate surface area is 116 Å². The number of hydrogen-bond donors (Lipinski definition) is 2. The van der Waals surface area contributed by atoms with Crippen LogP contribution in [0.15, 0.2) is 60.7 Å². The molecule has 0 saturated carbocycles. The first-order valence-corrected chi connectivity index (χ1v) is 6.28. The van der Waals surface area contributed by atoms with Gasteiger partial charge in [0.1, 0.15) is 5.75 Å². The van der Waals surface area contributed by atoms with E-state index in [1.807, 2.05) is 36.4 Å². The molecule has 3 aromatic carbocycles. The fourth-order valence-electron chi connectivity index (χ4n) is 2.45. The van der Waals surface area contributed by atoms with Gasteiger partial charge < -0.3 is 10.8 Å². The molecule has 0 radical (unpaired) electrons. The molecule has 3 N–H and O–H groups in total. The third-order valence-electron chi connectivity index (χ3n) is 3.34. The van der Waals surface area contributed by atoms with Crippen LogP contribution in [0, 0.1) is 0 Å². The SMILES string of the molecule is NC(=O)c1cccc2c(-c3cccc(O)c3)cccc12. The number of phenolic OH excluding ortho intramolecular Hbond substituents is 1. The summed E-state index contributed by atoms with van der Waals surface area (Å²) >= 11 is 0. The van der Waals surface area contributed by atoms with Gasteiger partial charge in [-0.2, -0.15) is 0 Å². The normalized spacial score (nSPS) is 10.6. The predicted molar refractivity (Wildman–Crippen MR) is 79.6 cm³/mol. The number of fused-ring (bicyclic) bond motifs is 1. The number of benzene rings is 3. The summed E-state index contributed by atoms with van der Waals surface area (Å²) < 4.78 is 0. The van der Waals surface area contributed by atoms with Crippen LogP contribution in [-0.2, 0) is 0 Å². The molecule has 0 aliphatic rings. The van der Waals surface area contributed by atoms with Crippen molar-refractivity contribution in [2.45, 2.75) is 0 Å². The predicted octanol–water partition coefficient (Wildman–Crippen LogP) is 3.31. The highest BCUT2D eigenvalue weighted by Gasteiger charge is 2.09. The van der Waals surface area contributed by atoms with Crippen molar-refractivity contribution in [2.24, 2.45) is 5.73 Å². The molecule has 3 nitrogen and oxygen atoms in total. The number of rotatable bonds is 2. The van der Waals surface area contributed by atoms with Crippen molar-refractivity contribution in [3.8, 4) is 16.9 Å². The summed E-state index contributed by atoms with van der Waals surface area (Å²) in [6.45, 7) is 0. The number of hydrogen-bond acceptors (Lipinski definition) is 2. The number of primary amides is 1. The Morgan fingerprint density at radius 2 is 1.60 bits per heavy atom. The van der Waals surface area contributed by atoms with Gasteiger partial charge in [0.25, 0.3) is 0 Å². The molecule has 0 spiro atoms. The molecule has 0 fully saturated rings. The van der Waals surface area contributed by atoms with Crippen LogP contribution in [0.3, 0.4) is 0 Å². The lowest BCUT2D eigenvalue weighted by Gasteiger charge is -2.09. The molecular weight excluding hydrogens is 250 g/mol. The molecule has 0 bridgehead atoms. The minimum Gasteiger partial charge on any atom is -0.508 e. The number of nitrogens with two attached hydrogens (primary N) is 1. The zero-order valence-electron chi connectivity index (χ0n) is 10.7. The maximum absolute atomic E-state index is 11.5. The van der Waals surface area contributed by atoms with Gasteiger partial charge in [0.15, 0.2) is 0 Å². The molecule has 3 heteroatoms. The highest BCUT2D eigenvalue weighted by atomic mass is 16.3. The van der Waals surface area contributed by atoms with Gasteiger partial charge in [-0.15, -0.1) is 0 Å². The zero-order chi connectivity index (χ0) is 14.1. The van der Waals surface area contributed by atoms with Gasteiger partial charge in [-0.3, -0.25) is 4.79 Å². The maximum Gasteiger partial charge on any atom is 0.249 e. The first-order chi connectivity index (χ1) is 9.66. The van der Waals surface area contributed by atoms with Gasteiger partial charge in [-0.05, 0) is 40.1 Å². The monoisotopic (exact) mass is 263 g/mol. The molecule has 3 aromatic rings. The van der Waals surface area contributed by atoms with Gasteiger partial charge in [0, 0.05) is 5.56 Å². The zero-order valence-corrected chi connectivity index (χ0v) is 10.7. The van der Waals surface area contributed by atoms with Crippen LogP contribution < -0.4 is 5.73 Å². The van der Waals surface area contributed by atoms with E-state index in [9.17, 15) is 9.90 Å². The summed E-state index contributed by atoms with van der Waals surface area (Å²) in [5, 5.41) is 11.4. The molecule has 0 aliphatic heterocycles. The standard InChI is InChI=1S/C17H13NO2/c18-17(20)16-9-3-7-14-13(6-2-8-15(14)16)11-4-1-5-12(19)10-11/h1-10,19H,(H2,18,20). The number of phenols is 1. The van der Waals surface area contributed by atoms with Crippen molar-refractivity contribution in [1.29, 1.82) is 0 Å². The number of carbonyl (C=O) groups is 1. The van der Waals surface area contributed by atoms with Gasteiger partial charge in [-0.25, -0.2) is 0 Å². The van der Waals surface area contributed by atoms with E-state index in [0.717, 1.165) is 21.9 Å². The lowest BCUT2D eigenvalue weighted by Crippen LogP contribution is -2.11.